The molecule has 6 nitrogen and oxygen atoms in total. The average molecular weight is 523 g/mol. The van der Waals surface area contributed by atoms with E-state index in [0.29, 0.717) is 48.7 Å². The number of halogens is 1. The maximum atomic E-state index is 13.4. The highest BCUT2D eigenvalue weighted by Crippen LogP contribution is 2.23. The number of pyridine rings is 1. The number of carbonyl (C=O) groups excluding carboxylic acids is 2. The zero-order valence-corrected chi connectivity index (χ0v) is 21.8. The Morgan fingerprint density at radius 2 is 1.86 bits per heavy atom. The van der Waals surface area contributed by atoms with Crippen LogP contribution in [0.4, 0.5) is 5.82 Å². The Bertz CT molecular complexity index is 1220. The van der Waals surface area contributed by atoms with Gasteiger partial charge in [-0.3, -0.25) is 14.5 Å². The van der Waals surface area contributed by atoms with E-state index in [1.165, 1.54) is 6.42 Å². The number of aryl methyl sites for hydroxylation is 1. The lowest BCUT2D eigenvalue weighted by molar-refractivity contribution is -0.129. The predicted molar refractivity (Wildman–Crippen MR) is 153 cm³/mol. The van der Waals surface area contributed by atoms with E-state index in [0.717, 1.165) is 34.7 Å². The first kappa shape index (κ1) is 28.6. The fourth-order valence-corrected chi connectivity index (χ4v) is 5.38. The lowest BCUT2D eigenvalue weighted by Gasteiger charge is -2.38. The summed E-state index contributed by atoms with van der Waals surface area (Å²) in [6, 6.07) is 15.5. The molecule has 0 bridgehead atoms. The van der Waals surface area contributed by atoms with Crippen molar-refractivity contribution >= 4 is 39.9 Å². The fraction of sp³-hybridized carbons (Fsp3) is 0.433. The van der Waals surface area contributed by atoms with Crippen LogP contribution < -0.4 is 11.1 Å². The number of nitrogens with one attached hydrogen (secondary N) is 1. The Morgan fingerprint density at radius 3 is 2.59 bits per heavy atom. The number of benzene rings is 2. The number of ketones is 1. The molecule has 0 radical (unpaired) electrons. The van der Waals surface area contributed by atoms with Gasteiger partial charge in [-0.15, -0.1) is 0 Å². The number of nitrogen functional groups attached to an aromatic ring is 1. The van der Waals surface area contributed by atoms with E-state index in [1.54, 1.807) is 6.20 Å². The number of amides is 1. The lowest BCUT2D eigenvalue weighted by atomic mass is 9.96. The minimum absolute atomic E-state index is 0. The van der Waals surface area contributed by atoms with Gasteiger partial charge in [-0.2, -0.15) is 0 Å². The van der Waals surface area contributed by atoms with E-state index < -0.39 is 6.04 Å². The molecule has 37 heavy (non-hydrogen) atoms. The van der Waals surface area contributed by atoms with Crippen molar-refractivity contribution in [3.8, 4) is 0 Å². The standard InChI is InChI=1S/C29H35ClN4O2.CH4/c1-19-6-5-7-20(2)34(19)18-28(36)33-26(17-23-8-3-4-9-25(23)30)27(35)13-11-21-10-12-24-22(16-21)14-15-32-29(24)31;/h3-4,8-10,12,14-16,19-20,26H,5-7,11,13,17-18H2,1-2H3,(H2,31,32)(H,33,36);1H4/t19?,20?,26-;/m0./s1. The summed E-state index contributed by atoms with van der Waals surface area (Å²) in [5.74, 6) is 0.377. The summed E-state index contributed by atoms with van der Waals surface area (Å²) in [6.45, 7) is 4.64. The number of Topliss-reactive ketones (excluding diaryl/α,β-unsaturated/α-hetero) is 1. The maximum absolute atomic E-state index is 13.4. The highest BCUT2D eigenvalue weighted by atomic mass is 35.5. The third-order valence-electron chi connectivity index (χ3n) is 7.33. The van der Waals surface area contributed by atoms with Crippen LogP contribution in [0, 0.1) is 0 Å². The average Bonchev–Trinajstić information content (AvgIpc) is 2.86. The van der Waals surface area contributed by atoms with Crippen LogP contribution >= 0.6 is 11.6 Å². The quantitative estimate of drug-likeness (QED) is 0.382. The van der Waals surface area contributed by atoms with Crippen molar-refractivity contribution in [2.45, 2.75) is 77.9 Å². The molecule has 3 atom stereocenters. The van der Waals surface area contributed by atoms with E-state index in [9.17, 15) is 9.59 Å². The van der Waals surface area contributed by atoms with Crippen molar-refractivity contribution in [2.75, 3.05) is 12.3 Å². The Kier molecular flexibility index (Phi) is 10.1. The van der Waals surface area contributed by atoms with Gasteiger partial charge < -0.3 is 11.1 Å². The monoisotopic (exact) mass is 522 g/mol. The molecule has 2 unspecified atom stereocenters. The summed E-state index contributed by atoms with van der Waals surface area (Å²) in [5.41, 5.74) is 7.86. The van der Waals surface area contributed by atoms with Crippen LogP contribution in [0.1, 0.15) is 58.1 Å². The molecule has 0 spiro atoms. The van der Waals surface area contributed by atoms with Crippen molar-refractivity contribution in [3.63, 3.8) is 0 Å². The molecule has 3 aromatic rings. The highest BCUT2D eigenvalue weighted by Gasteiger charge is 2.28. The second kappa shape index (κ2) is 13.0. The van der Waals surface area contributed by atoms with E-state index in [1.807, 2.05) is 48.5 Å². The van der Waals surface area contributed by atoms with Gasteiger partial charge in [0.05, 0.1) is 12.6 Å². The van der Waals surface area contributed by atoms with Gasteiger partial charge in [0, 0.05) is 41.5 Å². The molecule has 2 heterocycles. The summed E-state index contributed by atoms with van der Waals surface area (Å²) < 4.78 is 0. The largest absolute Gasteiger partial charge is 0.383 e. The number of likely N-dealkylation sites (tertiary alicyclic amines) is 1. The summed E-state index contributed by atoms with van der Waals surface area (Å²) in [4.78, 5) is 32.9. The van der Waals surface area contributed by atoms with E-state index >= 15 is 0 Å². The van der Waals surface area contributed by atoms with Gasteiger partial charge in [0.2, 0.25) is 5.91 Å². The zero-order valence-electron chi connectivity index (χ0n) is 21.0. The van der Waals surface area contributed by atoms with Crippen molar-refractivity contribution < 1.29 is 9.59 Å². The molecule has 2 aromatic carbocycles. The van der Waals surface area contributed by atoms with Gasteiger partial charge in [-0.05, 0) is 61.8 Å². The number of nitrogens with two attached hydrogens (primary N) is 1. The first-order valence-electron chi connectivity index (χ1n) is 12.8. The lowest BCUT2D eigenvalue weighted by Crippen LogP contribution is -2.51. The molecule has 1 saturated heterocycles. The number of fused-ring (bicyclic) bond motifs is 1. The molecular weight excluding hydrogens is 484 g/mol. The first-order valence-corrected chi connectivity index (χ1v) is 13.1. The second-order valence-corrected chi connectivity index (χ2v) is 10.3. The minimum atomic E-state index is -0.631. The van der Waals surface area contributed by atoms with E-state index in [-0.39, 0.29) is 19.1 Å². The number of nitrogens with zero attached hydrogens (tertiary/aromatic N) is 2. The van der Waals surface area contributed by atoms with Crippen molar-refractivity contribution in [3.05, 3.63) is 70.9 Å². The van der Waals surface area contributed by atoms with Crippen molar-refractivity contribution in [2.24, 2.45) is 0 Å². The Balaban J connectivity index is 0.00000380. The summed E-state index contributed by atoms with van der Waals surface area (Å²) in [6.07, 6.45) is 6.32. The van der Waals surface area contributed by atoms with E-state index in [4.69, 9.17) is 17.3 Å². The smallest absolute Gasteiger partial charge is 0.234 e. The SMILES string of the molecule is C.CC1CCCC(C)N1CC(=O)N[C@@H](Cc1ccccc1Cl)C(=O)CCc1ccc2c(N)nccc2c1. The van der Waals surface area contributed by atoms with Crippen LogP contribution in [-0.4, -0.2) is 46.2 Å². The summed E-state index contributed by atoms with van der Waals surface area (Å²) in [7, 11) is 0. The molecule has 1 aliphatic rings. The van der Waals surface area contributed by atoms with Gasteiger partial charge in [-0.25, -0.2) is 4.98 Å². The van der Waals surface area contributed by atoms with Crippen LogP contribution in [0.3, 0.4) is 0 Å². The Labute approximate surface area is 225 Å². The zero-order chi connectivity index (χ0) is 25.7. The number of hydrogen-bond donors (Lipinski definition) is 2. The molecule has 4 rings (SSSR count). The predicted octanol–water partition coefficient (Wildman–Crippen LogP) is 5.60. The number of rotatable bonds is 9. The van der Waals surface area contributed by atoms with Gasteiger partial charge in [0.25, 0.3) is 0 Å². The molecule has 0 saturated carbocycles. The second-order valence-electron chi connectivity index (χ2n) is 9.93. The molecule has 198 valence electrons. The van der Waals surface area contributed by atoms with Crippen LogP contribution in [0.5, 0.6) is 0 Å². The molecular formula is C30H39ClN4O2. The minimum Gasteiger partial charge on any atom is -0.383 e. The molecule has 1 aliphatic heterocycles. The van der Waals surface area contributed by atoms with Crippen molar-refractivity contribution in [1.82, 2.24) is 15.2 Å². The molecule has 0 aliphatic carbocycles. The molecule has 3 N–H and O–H groups in total. The van der Waals surface area contributed by atoms with Gasteiger partial charge in [0.1, 0.15) is 5.82 Å². The molecule has 1 amide bonds. The first-order chi connectivity index (χ1) is 17.3. The third kappa shape index (κ3) is 7.30. The summed E-state index contributed by atoms with van der Waals surface area (Å²) in [5, 5.41) is 5.54. The van der Waals surface area contributed by atoms with Gasteiger partial charge >= 0.3 is 0 Å². The topological polar surface area (TPSA) is 88.3 Å². The number of hydrogen-bond acceptors (Lipinski definition) is 5. The van der Waals surface area contributed by atoms with Crippen LogP contribution in [-0.2, 0) is 22.4 Å². The van der Waals surface area contributed by atoms with Crippen LogP contribution in [0.2, 0.25) is 5.02 Å². The number of piperidine rings is 1. The maximum Gasteiger partial charge on any atom is 0.234 e. The highest BCUT2D eigenvalue weighted by molar-refractivity contribution is 6.31. The fourth-order valence-electron chi connectivity index (χ4n) is 5.17. The number of anilines is 1. The van der Waals surface area contributed by atoms with Crippen molar-refractivity contribution in [1.29, 1.82) is 0 Å². The normalized spacial score (nSPS) is 18.7. The summed E-state index contributed by atoms with van der Waals surface area (Å²) >= 11 is 6.40. The Hall–Kier alpha value is -2.96. The molecule has 1 fully saturated rings. The van der Waals surface area contributed by atoms with Crippen LogP contribution in [0.25, 0.3) is 10.8 Å². The Morgan fingerprint density at radius 1 is 1.14 bits per heavy atom. The van der Waals surface area contributed by atoms with Gasteiger partial charge in [-0.1, -0.05) is 61.8 Å². The third-order valence-corrected chi connectivity index (χ3v) is 7.70. The van der Waals surface area contributed by atoms with E-state index in [2.05, 4.69) is 29.0 Å². The van der Waals surface area contributed by atoms with Gasteiger partial charge in [0.15, 0.2) is 5.78 Å². The number of carbonyl (C=O) groups is 2. The van der Waals surface area contributed by atoms with Crippen LogP contribution in [0.15, 0.2) is 54.7 Å². The molecule has 1 aromatic heterocycles. The molecule has 7 heteroatoms. The number of aromatic nitrogens is 1.